The van der Waals surface area contributed by atoms with Crippen molar-refractivity contribution in [2.45, 2.75) is 38.3 Å². The second-order valence-electron chi connectivity index (χ2n) is 7.27. The number of nitrogens with zero attached hydrogens (tertiary/aromatic N) is 3. The van der Waals surface area contributed by atoms with Crippen LogP contribution in [0.15, 0.2) is 54.9 Å². The Morgan fingerprint density at radius 3 is 2.27 bits per heavy atom. The second kappa shape index (κ2) is 8.65. The Balaban J connectivity index is 1.19. The van der Waals surface area contributed by atoms with E-state index in [2.05, 4.69) is 57.2 Å². The molecule has 26 heavy (non-hydrogen) atoms. The zero-order chi connectivity index (χ0) is 17.6. The summed E-state index contributed by atoms with van der Waals surface area (Å²) in [7, 11) is 0. The van der Waals surface area contributed by atoms with Gasteiger partial charge in [-0.05, 0) is 43.4 Å². The van der Waals surface area contributed by atoms with Gasteiger partial charge in [0.15, 0.2) is 0 Å². The Kier molecular flexibility index (Phi) is 5.82. The number of aromatic nitrogens is 1. The van der Waals surface area contributed by atoms with E-state index < -0.39 is 0 Å². The van der Waals surface area contributed by atoms with Gasteiger partial charge in [0.1, 0.15) is 0 Å². The van der Waals surface area contributed by atoms with E-state index >= 15 is 0 Å². The fourth-order valence-electron chi connectivity index (χ4n) is 4.09. The van der Waals surface area contributed by atoms with Gasteiger partial charge in [-0.3, -0.25) is 9.88 Å². The quantitative estimate of drug-likeness (QED) is 0.818. The monoisotopic (exact) mass is 350 g/mol. The van der Waals surface area contributed by atoms with Crippen molar-refractivity contribution in [2.75, 3.05) is 31.1 Å². The van der Waals surface area contributed by atoms with Crippen LogP contribution in [0.4, 0.5) is 5.69 Å². The van der Waals surface area contributed by atoms with E-state index in [-0.39, 0.29) is 0 Å². The highest BCUT2D eigenvalue weighted by Gasteiger charge is 2.29. The smallest absolute Gasteiger partial charge is 0.0976 e. The molecule has 0 amide bonds. The van der Waals surface area contributed by atoms with E-state index in [1.165, 1.54) is 30.2 Å². The zero-order valence-electron chi connectivity index (χ0n) is 15.4. The van der Waals surface area contributed by atoms with Crippen molar-refractivity contribution in [3.63, 3.8) is 0 Å². The lowest BCUT2D eigenvalue weighted by Crippen LogP contribution is -2.51. The van der Waals surface area contributed by atoms with Crippen molar-refractivity contribution in [3.8, 4) is 0 Å². The van der Waals surface area contributed by atoms with Gasteiger partial charge < -0.3 is 9.64 Å². The molecular weight excluding hydrogens is 322 g/mol. The molecule has 0 N–H and O–H groups in total. The lowest BCUT2D eigenvalue weighted by atomic mass is 9.91. The summed E-state index contributed by atoms with van der Waals surface area (Å²) in [6, 6.07) is 15.4. The highest BCUT2D eigenvalue weighted by molar-refractivity contribution is 5.45. The molecule has 0 unspecified atom stereocenters. The number of hydrogen-bond donors (Lipinski definition) is 0. The average molecular weight is 350 g/mol. The van der Waals surface area contributed by atoms with Gasteiger partial charge in [0.25, 0.3) is 0 Å². The van der Waals surface area contributed by atoms with E-state index in [0.29, 0.717) is 6.61 Å². The minimum Gasteiger partial charge on any atom is -0.369 e. The molecule has 4 rings (SSSR count). The normalized spacial score (nSPS) is 20.4. The number of rotatable bonds is 5. The molecule has 2 aromatic rings. The molecule has 1 aromatic carbocycles. The maximum absolute atomic E-state index is 6.06. The van der Waals surface area contributed by atoms with Crippen molar-refractivity contribution in [1.82, 2.24) is 9.88 Å². The van der Waals surface area contributed by atoms with Gasteiger partial charge in [0, 0.05) is 50.3 Å². The maximum atomic E-state index is 6.06. The summed E-state index contributed by atoms with van der Waals surface area (Å²) in [4.78, 5) is 9.28. The van der Waals surface area contributed by atoms with Crippen molar-refractivity contribution >= 4 is 5.69 Å². The number of hydrogen-bond acceptors (Lipinski definition) is 4. The number of benzene rings is 1. The van der Waals surface area contributed by atoms with Gasteiger partial charge in [0.05, 0.1) is 12.7 Å². The van der Waals surface area contributed by atoms with E-state index in [1.807, 2.05) is 12.4 Å². The van der Waals surface area contributed by atoms with Gasteiger partial charge in [-0.2, -0.15) is 0 Å². The van der Waals surface area contributed by atoms with Crippen molar-refractivity contribution in [1.29, 1.82) is 0 Å². The summed E-state index contributed by atoms with van der Waals surface area (Å²) in [5.41, 5.74) is 2.56. The largest absolute Gasteiger partial charge is 0.369 e. The van der Waals surface area contributed by atoms with Crippen LogP contribution in [0, 0.1) is 6.10 Å². The van der Waals surface area contributed by atoms with Crippen LogP contribution >= 0.6 is 0 Å². The fraction of sp³-hybridized carbons (Fsp3) is 0.455. The van der Waals surface area contributed by atoms with Crippen LogP contribution in [0.1, 0.15) is 31.2 Å². The number of anilines is 1. The number of pyridine rings is 1. The Hall–Kier alpha value is -1.91. The van der Waals surface area contributed by atoms with Crippen LogP contribution in [0.25, 0.3) is 0 Å². The minimum atomic E-state index is 0.714. The van der Waals surface area contributed by atoms with Crippen LogP contribution < -0.4 is 4.90 Å². The molecule has 1 aromatic heterocycles. The SMILES string of the molecule is c1ccc(CO[C]2CCC(N3CCN(c4ccncc4)CC3)CC2)cc1. The Bertz CT molecular complexity index is 648. The van der Waals surface area contributed by atoms with Gasteiger partial charge in [-0.15, -0.1) is 0 Å². The maximum Gasteiger partial charge on any atom is 0.0976 e. The van der Waals surface area contributed by atoms with Crippen LogP contribution in [0.5, 0.6) is 0 Å². The molecule has 137 valence electrons. The average Bonchev–Trinajstić information content (AvgIpc) is 2.74. The molecule has 0 spiro atoms. The van der Waals surface area contributed by atoms with Crippen LogP contribution in [0.3, 0.4) is 0 Å². The summed E-state index contributed by atoms with van der Waals surface area (Å²) < 4.78 is 6.06. The molecular formula is C22H28N3O. The molecule has 1 saturated carbocycles. The first-order chi connectivity index (χ1) is 12.9. The zero-order valence-corrected chi connectivity index (χ0v) is 15.4. The molecule has 1 aliphatic carbocycles. The predicted octanol–water partition coefficient (Wildman–Crippen LogP) is 3.89. The third-order valence-electron chi connectivity index (χ3n) is 5.66. The van der Waals surface area contributed by atoms with E-state index in [0.717, 1.165) is 45.1 Å². The second-order valence-corrected chi connectivity index (χ2v) is 7.27. The van der Waals surface area contributed by atoms with Gasteiger partial charge in [0.2, 0.25) is 0 Å². The lowest BCUT2D eigenvalue weighted by Gasteiger charge is -2.42. The first-order valence-corrected chi connectivity index (χ1v) is 9.79. The summed E-state index contributed by atoms with van der Waals surface area (Å²) in [6.45, 7) is 5.26. The van der Waals surface area contributed by atoms with Crippen molar-refractivity contribution in [3.05, 3.63) is 66.5 Å². The van der Waals surface area contributed by atoms with E-state index in [9.17, 15) is 0 Å². The molecule has 2 heterocycles. The summed E-state index contributed by atoms with van der Waals surface area (Å²) in [5, 5.41) is 0. The first-order valence-electron chi connectivity index (χ1n) is 9.79. The Morgan fingerprint density at radius 1 is 0.885 bits per heavy atom. The highest BCUT2D eigenvalue weighted by atomic mass is 16.5. The third-order valence-corrected chi connectivity index (χ3v) is 5.66. The Labute approximate surface area is 156 Å². The topological polar surface area (TPSA) is 28.6 Å². The third kappa shape index (κ3) is 4.43. The fourth-order valence-corrected chi connectivity index (χ4v) is 4.09. The minimum absolute atomic E-state index is 0.714. The van der Waals surface area contributed by atoms with Gasteiger partial charge in [-0.1, -0.05) is 30.3 Å². The lowest BCUT2D eigenvalue weighted by molar-refractivity contribution is 0.0679. The first kappa shape index (κ1) is 17.5. The molecule has 2 aliphatic rings. The van der Waals surface area contributed by atoms with E-state index in [1.54, 1.807) is 0 Å². The molecule has 2 fully saturated rings. The van der Waals surface area contributed by atoms with Crippen LogP contribution in [-0.4, -0.2) is 42.1 Å². The van der Waals surface area contributed by atoms with Gasteiger partial charge >= 0.3 is 0 Å². The number of piperazine rings is 1. The van der Waals surface area contributed by atoms with Crippen LogP contribution in [-0.2, 0) is 11.3 Å². The molecule has 1 saturated heterocycles. The van der Waals surface area contributed by atoms with Crippen LogP contribution in [0.2, 0.25) is 0 Å². The molecule has 4 nitrogen and oxygen atoms in total. The molecule has 1 radical (unpaired) electrons. The summed E-state index contributed by atoms with van der Waals surface area (Å²) >= 11 is 0. The predicted molar refractivity (Wildman–Crippen MR) is 105 cm³/mol. The highest BCUT2D eigenvalue weighted by Crippen LogP contribution is 2.31. The van der Waals surface area contributed by atoms with Gasteiger partial charge in [-0.25, -0.2) is 0 Å². The molecule has 1 aliphatic heterocycles. The summed E-state index contributed by atoms with van der Waals surface area (Å²) in [6.07, 6.45) is 9.76. The molecule has 4 heteroatoms. The summed E-state index contributed by atoms with van der Waals surface area (Å²) in [5.74, 6) is 0. The van der Waals surface area contributed by atoms with Crippen molar-refractivity contribution < 1.29 is 4.74 Å². The van der Waals surface area contributed by atoms with Crippen molar-refractivity contribution in [2.24, 2.45) is 0 Å². The molecule has 0 atom stereocenters. The number of ether oxygens (including phenoxy) is 1. The van der Waals surface area contributed by atoms with E-state index in [4.69, 9.17) is 4.74 Å². The standard InChI is InChI=1S/C22H28N3O/c1-2-4-19(5-3-1)18-26-22-8-6-20(7-9-22)24-14-16-25(17-15-24)21-10-12-23-13-11-21/h1-5,10-13,20H,6-9,14-18H2. The molecule has 0 bridgehead atoms. The Morgan fingerprint density at radius 2 is 1.58 bits per heavy atom.